The molecule has 3 heterocycles. The van der Waals surface area contributed by atoms with Crippen molar-refractivity contribution in [2.24, 2.45) is 0 Å². The lowest BCUT2D eigenvalue weighted by Crippen LogP contribution is -2.37. The molecule has 3 rings (SSSR count). The molecule has 0 amide bonds. The molecule has 1 nitrogen and oxygen atoms in total. The van der Waals surface area contributed by atoms with Crippen molar-refractivity contribution in [2.45, 2.75) is 43.7 Å². The molecule has 2 aliphatic heterocycles. The van der Waals surface area contributed by atoms with Crippen molar-refractivity contribution >= 4 is 22.9 Å². The average Bonchev–Trinajstić information content (AvgIpc) is 2.73. The molecule has 0 saturated carbocycles. The first-order valence-corrected chi connectivity index (χ1v) is 6.57. The summed E-state index contributed by atoms with van der Waals surface area (Å²) in [5, 5.41) is 5.77. The van der Waals surface area contributed by atoms with Crippen molar-refractivity contribution in [2.75, 3.05) is 0 Å². The summed E-state index contributed by atoms with van der Waals surface area (Å²) in [6.45, 7) is 0. The molecule has 3 heteroatoms. The van der Waals surface area contributed by atoms with E-state index < -0.39 is 0 Å². The molecule has 76 valence electrons. The summed E-state index contributed by atoms with van der Waals surface area (Å²) in [6, 6.07) is 3.73. The third kappa shape index (κ3) is 1.50. The van der Waals surface area contributed by atoms with E-state index in [9.17, 15) is 0 Å². The van der Waals surface area contributed by atoms with Crippen LogP contribution in [0.25, 0.3) is 0 Å². The topological polar surface area (TPSA) is 12.0 Å². The van der Waals surface area contributed by atoms with E-state index in [1.54, 1.807) is 11.3 Å². The van der Waals surface area contributed by atoms with Gasteiger partial charge in [-0.05, 0) is 48.6 Å². The van der Waals surface area contributed by atoms with E-state index in [0.717, 1.165) is 16.4 Å². The molecular formula is C11H14ClNS. The van der Waals surface area contributed by atoms with Crippen LogP contribution >= 0.6 is 22.9 Å². The molecule has 2 bridgehead atoms. The second-order valence-electron chi connectivity index (χ2n) is 4.46. The Morgan fingerprint density at radius 3 is 2.57 bits per heavy atom. The van der Waals surface area contributed by atoms with Gasteiger partial charge in [0.1, 0.15) is 0 Å². The summed E-state index contributed by atoms with van der Waals surface area (Å²) in [5.74, 6) is 0.715. The molecule has 2 atom stereocenters. The fourth-order valence-corrected chi connectivity index (χ4v) is 3.98. The first-order chi connectivity index (χ1) is 6.83. The van der Waals surface area contributed by atoms with Crippen LogP contribution < -0.4 is 5.32 Å². The maximum atomic E-state index is 6.19. The molecule has 0 aromatic carbocycles. The predicted molar refractivity (Wildman–Crippen MR) is 61.2 cm³/mol. The lowest BCUT2D eigenvalue weighted by molar-refractivity contribution is 0.364. The van der Waals surface area contributed by atoms with Gasteiger partial charge >= 0.3 is 0 Å². The van der Waals surface area contributed by atoms with Crippen LogP contribution in [0.4, 0.5) is 0 Å². The smallest absolute Gasteiger partial charge is 0.0963 e. The number of halogens is 1. The molecular weight excluding hydrogens is 214 g/mol. The van der Waals surface area contributed by atoms with Crippen molar-refractivity contribution in [1.82, 2.24) is 5.32 Å². The van der Waals surface area contributed by atoms with Gasteiger partial charge in [0.25, 0.3) is 0 Å². The highest BCUT2D eigenvalue weighted by atomic mass is 35.5. The van der Waals surface area contributed by atoms with E-state index in [1.807, 2.05) is 0 Å². The van der Waals surface area contributed by atoms with Crippen molar-refractivity contribution in [3.8, 4) is 0 Å². The van der Waals surface area contributed by atoms with Crippen LogP contribution in [-0.2, 0) is 0 Å². The van der Waals surface area contributed by atoms with E-state index in [-0.39, 0.29) is 0 Å². The van der Waals surface area contributed by atoms with Crippen LogP contribution in [0.3, 0.4) is 0 Å². The first kappa shape index (κ1) is 9.20. The average molecular weight is 228 g/mol. The van der Waals surface area contributed by atoms with Crippen LogP contribution in [0.5, 0.6) is 0 Å². The summed E-state index contributed by atoms with van der Waals surface area (Å²) in [5.41, 5.74) is 1.40. The molecule has 0 radical (unpaired) electrons. The highest BCUT2D eigenvalue weighted by Gasteiger charge is 2.34. The molecule has 2 unspecified atom stereocenters. The van der Waals surface area contributed by atoms with E-state index in [2.05, 4.69) is 16.8 Å². The zero-order chi connectivity index (χ0) is 9.54. The van der Waals surface area contributed by atoms with Gasteiger partial charge in [0.05, 0.1) is 4.34 Å². The molecule has 2 aliphatic rings. The van der Waals surface area contributed by atoms with E-state index in [1.165, 1.54) is 31.2 Å². The minimum atomic E-state index is 0.715. The van der Waals surface area contributed by atoms with Crippen molar-refractivity contribution < 1.29 is 0 Å². The number of hydrogen-bond donors (Lipinski definition) is 1. The Morgan fingerprint density at radius 2 is 2.00 bits per heavy atom. The monoisotopic (exact) mass is 227 g/mol. The van der Waals surface area contributed by atoms with E-state index >= 15 is 0 Å². The molecule has 2 saturated heterocycles. The lowest BCUT2D eigenvalue weighted by atomic mass is 9.88. The van der Waals surface area contributed by atoms with Gasteiger partial charge in [-0.2, -0.15) is 0 Å². The van der Waals surface area contributed by atoms with Crippen LogP contribution in [0.15, 0.2) is 11.4 Å². The van der Waals surface area contributed by atoms with Gasteiger partial charge < -0.3 is 5.32 Å². The quantitative estimate of drug-likeness (QED) is 0.776. The number of nitrogens with one attached hydrogen (secondary N) is 1. The van der Waals surface area contributed by atoms with Crippen LogP contribution in [0, 0.1) is 0 Å². The maximum Gasteiger partial charge on any atom is 0.0963 e. The fraction of sp³-hybridized carbons (Fsp3) is 0.636. The Kier molecular flexibility index (Phi) is 2.31. The van der Waals surface area contributed by atoms with Crippen molar-refractivity contribution in [3.63, 3.8) is 0 Å². The van der Waals surface area contributed by atoms with E-state index in [0.29, 0.717) is 5.92 Å². The summed E-state index contributed by atoms with van der Waals surface area (Å²) in [4.78, 5) is 0. The van der Waals surface area contributed by atoms with Gasteiger partial charge in [-0.3, -0.25) is 0 Å². The predicted octanol–water partition coefficient (Wildman–Crippen LogP) is 3.40. The minimum Gasteiger partial charge on any atom is -0.311 e. The SMILES string of the molecule is Clc1sccc1C1CC2CCC(C1)N2. The Hall–Kier alpha value is -0.0500. The maximum absolute atomic E-state index is 6.19. The molecule has 0 spiro atoms. The van der Waals surface area contributed by atoms with Crippen LogP contribution in [0.1, 0.15) is 37.2 Å². The summed E-state index contributed by atoms with van der Waals surface area (Å²) in [6.07, 6.45) is 5.30. The number of piperidine rings is 1. The van der Waals surface area contributed by atoms with Crippen LogP contribution in [0.2, 0.25) is 4.34 Å². The number of thiophene rings is 1. The highest BCUT2D eigenvalue weighted by Crippen LogP contribution is 2.41. The summed E-state index contributed by atoms with van der Waals surface area (Å²) < 4.78 is 1.01. The van der Waals surface area contributed by atoms with E-state index in [4.69, 9.17) is 11.6 Å². The van der Waals surface area contributed by atoms with Gasteiger partial charge in [0.2, 0.25) is 0 Å². The second kappa shape index (κ2) is 3.51. The Bertz CT molecular complexity index is 324. The Morgan fingerprint density at radius 1 is 1.29 bits per heavy atom. The molecule has 0 aliphatic carbocycles. The molecule has 1 aromatic rings. The Labute approximate surface area is 93.5 Å². The second-order valence-corrected chi connectivity index (χ2v) is 5.97. The number of hydrogen-bond acceptors (Lipinski definition) is 2. The third-order valence-corrected chi connectivity index (χ3v) is 4.76. The molecule has 2 fully saturated rings. The molecule has 14 heavy (non-hydrogen) atoms. The summed E-state index contributed by atoms with van der Waals surface area (Å²) in [7, 11) is 0. The fourth-order valence-electron chi connectivity index (χ4n) is 2.91. The zero-order valence-electron chi connectivity index (χ0n) is 8.00. The normalized spacial score (nSPS) is 36.2. The largest absolute Gasteiger partial charge is 0.311 e. The highest BCUT2D eigenvalue weighted by molar-refractivity contribution is 7.14. The lowest BCUT2D eigenvalue weighted by Gasteiger charge is -2.28. The van der Waals surface area contributed by atoms with Gasteiger partial charge in [-0.25, -0.2) is 0 Å². The third-order valence-electron chi connectivity index (χ3n) is 3.56. The molecule has 1 aromatic heterocycles. The van der Waals surface area contributed by atoms with Crippen LogP contribution in [-0.4, -0.2) is 12.1 Å². The van der Waals surface area contributed by atoms with Crippen molar-refractivity contribution in [1.29, 1.82) is 0 Å². The summed E-state index contributed by atoms with van der Waals surface area (Å²) >= 11 is 7.85. The minimum absolute atomic E-state index is 0.715. The van der Waals surface area contributed by atoms with Gasteiger partial charge in [-0.15, -0.1) is 11.3 Å². The van der Waals surface area contributed by atoms with Gasteiger partial charge in [-0.1, -0.05) is 11.6 Å². The first-order valence-electron chi connectivity index (χ1n) is 5.32. The van der Waals surface area contributed by atoms with Crippen molar-refractivity contribution in [3.05, 3.63) is 21.3 Å². The standard InChI is InChI=1S/C11H14ClNS/c12-11-10(3-4-14-11)7-5-8-1-2-9(6-7)13-8/h3-4,7-9,13H,1-2,5-6H2. The van der Waals surface area contributed by atoms with Gasteiger partial charge in [0.15, 0.2) is 0 Å². The number of rotatable bonds is 1. The molecule has 1 N–H and O–H groups in total. The van der Waals surface area contributed by atoms with Gasteiger partial charge in [0, 0.05) is 12.1 Å². The Balaban J connectivity index is 1.84. The number of fused-ring (bicyclic) bond motifs is 2. The zero-order valence-corrected chi connectivity index (χ0v) is 9.57.